The minimum absolute atomic E-state index is 0.228. The van der Waals surface area contributed by atoms with Crippen LogP contribution in [0.25, 0.3) is 0 Å². The highest BCUT2D eigenvalue weighted by molar-refractivity contribution is 9.10. The lowest BCUT2D eigenvalue weighted by molar-refractivity contribution is -0.274. The minimum atomic E-state index is -4.74. The number of halogens is 4. The molecule has 0 spiro atoms. The fourth-order valence-corrected chi connectivity index (χ4v) is 2.47. The molecule has 0 aliphatic heterocycles. The summed E-state index contributed by atoms with van der Waals surface area (Å²) in [5, 5.41) is 12.6. The molecule has 0 amide bonds. The van der Waals surface area contributed by atoms with Gasteiger partial charge in [0.25, 0.3) is 0 Å². The summed E-state index contributed by atoms with van der Waals surface area (Å²) in [6.07, 6.45) is -3.05. The highest BCUT2D eigenvalue weighted by atomic mass is 79.9. The van der Waals surface area contributed by atoms with Gasteiger partial charge in [-0.2, -0.15) is 0 Å². The van der Waals surface area contributed by atoms with Gasteiger partial charge in [0.2, 0.25) is 0 Å². The van der Waals surface area contributed by atoms with Crippen molar-refractivity contribution in [2.24, 2.45) is 0 Å². The van der Waals surface area contributed by atoms with Gasteiger partial charge in [-0.3, -0.25) is 0 Å². The lowest BCUT2D eigenvalue weighted by Crippen LogP contribution is -2.28. The summed E-state index contributed by atoms with van der Waals surface area (Å²) in [4.78, 5) is 0. The van der Waals surface area contributed by atoms with Crippen molar-refractivity contribution in [1.82, 2.24) is 0 Å². The molecule has 1 fully saturated rings. The Morgan fingerprint density at radius 2 is 2.05 bits per heavy atom. The average molecular weight is 340 g/mol. The number of hydrogen-bond acceptors (Lipinski definition) is 3. The first-order valence-electron chi connectivity index (χ1n) is 5.85. The van der Waals surface area contributed by atoms with Crippen LogP contribution in [0.4, 0.5) is 18.9 Å². The van der Waals surface area contributed by atoms with Gasteiger partial charge in [-0.25, -0.2) is 0 Å². The summed E-state index contributed by atoms with van der Waals surface area (Å²) in [7, 11) is 0. The van der Waals surface area contributed by atoms with Crippen LogP contribution in [-0.4, -0.2) is 23.6 Å². The van der Waals surface area contributed by atoms with Gasteiger partial charge in [0.1, 0.15) is 0 Å². The second-order valence-electron chi connectivity index (χ2n) is 4.44. The zero-order chi connectivity index (χ0) is 14.0. The van der Waals surface area contributed by atoms with E-state index in [2.05, 4.69) is 26.0 Å². The molecular formula is C12H13BrF3NO2. The largest absolute Gasteiger partial charge is 0.573 e. The van der Waals surface area contributed by atoms with E-state index in [-0.39, 0.29) is 17.5 Å². The van der Waals surface area contributed by atoms with Crippen LogP contribution in [0.15, 0.2) is 22.7 Å². The smallest absolute Gasteiger partial charge is 0.404 e. The predicted octanol–water partition coefficient (Wildman–Crippen LogP) is 3.67. The Bertz CT molecular complexity index is 453. The zero-order valence-electron chi connectivity index (χ0n) is 9.88. The molecule has 1 saturated carbocycles. The van der Waals surface area contributed by atoms with Crippen molar-refractivity contribution in [3.05, 3.63) is 22.7 Å². The Kier molecular flexibility index (Phi) is 4.25. The van der Waals surface area contributed by atoms with Crippen LogP contribution in [0.5, 0.6) is 5.75 Å². The third kappa shape index (κ3) is 4.01. The molecule has 1 aliphatic rings. The number of anilines is 1. The number of hydrogen-bond donors (Lipinski definition) is 2. The number of nitrogens with one attached hydrogen (secondary N) is 1. The van der Waals surface area contributed by atoms with Gasteiger partial charge in [-0.15, -0.1) is 13.2 Å². The average Bonchev–Trinajstić information content (AvgIpc) is 2.66. The molecule has 0 aromatic heterocycles. The minimum Gasteiger partial charge on any atom is -0.404 e. The Labute approximate surface area is 116 Å². The van der Waals surface area contributed by atoms with Crippen molar-refractivity contribution in [3.63, 3.8) is 0 Å². The highest BCUT2D eigenvalue weighted by Crippen LogP contribution is 2.35. The summed E-state index contributed by atoms with van der Waals surface area (Å²) in [6.45, 7) is 0. The van der Waals surface area contributed by atoms with Crippen LogP contribution in [0.3, 0.4) is 0 Å². The fraction of sp³-hybridized carbons (Fsp3) is 0.500. The maximum Gasteiger partial charge on any atom is 0.573 e. The standard InChI is InChI=1S/C12H13BrF3NO2/c13-7-4-5-9(11(6-7)19-12(14,15)16)17-8-2-1-3-10(8)18/h4-6,8,10,17-18H,1-3H2. The molecule has 0 radical (unpaired) electrons. The van der Waals surface area contributed by atoms with Gasteiger partial charge >= 0.3 is 6.36 Å². The molecule has 2 atom stereocenters. The molecule has 0 bridgehead atoms. The number of aliphatic hydroxyl groups excluding tert-OH is 1. The third-order valence-corrected chi connectivity index (χ3v) is 3.48. The first-order chi connectivity index (χ1) is 8.85. The lowest BCUT2D eigenvalue weighted by Gasteiger charge is -2.21. The van der Waals surface area contributed by atoms with Gasteiger partial charge in [-0.1, -0.05) is 15.9 Å². The van der Waals surface area contributed by atoms with Crippen molar-refractivity contribution in [3.8, 4) is 5.75 Å². The van der Waals surface area contributed by atoms with Gasteiger partial charge in [0, 0.05) is 4.47 Å². The lowest BCUT2D eigenvalue weighted by atomic mass is 10.2. The Morgan fingerprint density at radius 3 is 2.63 bits per heavy atom. The predicted molar refractivity (Wildman–Crippen MR) is 68.1 cm³/mol. The number of ether oxygens (including phenoxy) is 1. The van der Waals surface area contributed by atoms with Crippen molar-refractivity contribution >= 4 is 21.6 Å². The number of rotatable bonds is 3. The highest BCUT2D eigenvalue weighted by Gasteiger charge is 2.33. The van der Waals surface area contributed by atoms with Crippen LogP contribution in [0.1, 0.15) is 19.3 Å². The van der Waals surface area contributed by atoms with E-state index in [1.54, 1.807) is 6.07 Å². The van der Waals surface area contributed by atoms with E-state index in [1.807, 2.05) is 0 Å². The monoisotopic (exact) mass is 339 g/mol. The molecule has 2 N–H and O–H groups in total. The fourth-order valence-electron chi connectivity index (χ4n) is 2.13. The van der Waals surface area contributed by atoms with Crippen LogP contribution < -0.4 is 10.1 Å². The molecule has 1 aromatic carbocycles. The van der Waals surface area contributed by atoms with Crippen LogP contribution in [-0.2, 0) is 0 Å². The maximum atomic E-state index is 12.3. The SMILES string of the molecule is OC1CCCC1Nc1ccc(Br)cc1OC(F)(F)F. The molecule has 7 heteroatoms. The molecular weight excluding hydrogens is 327 g/mol. The summed E-state index contributed by atoms with van der Waals surface area (Å²) in [5.41, 5.74) is 0.228. The Balaban J connectivity index is 2.19. The van der Waals surface area contributed by atoms with E-state index in [9.17, 15) is 18.3 Å². The Hall–Kier alpha value is -0.950. The quantitative estimate of drug-likeness (QED) is 0.882. The number of aliphatic hydroxyl groups is 1. The normalized spacial score (nSPS) is 23.4. The van der Waals surface area contributed by atoms with Crippen molar-refractivity contribution in [2.45, 2.75) is 37.8 Å². The molecule has 1 aromatic rings. The molecule has 0 saturated heterocycles. The van der Waals surface area contributed by atoms with Crippen LogP contribution >= 0.6 is 15.9 Å². The van der Waals surface area contributed by atoms with Crippen molar-refractivity contribution in [2.75, 3.05) is 5.32 Å². The zero-order valence-corrected chi connectivity index (χ0v) is 11.5. The molecule has 2 rings (SSSR count). The van der Waals surface area contributed by atoms with E-state index < -0.39 is 12.5 Å². The second kappa shape index (κ2) is 5.58. The molecule has 106 valence electrons. The van der Waals surface area contributed by atoms with Gasteiger partial charge in [-0.05, 0) is 37.5 Å². The van der Waals surface area contributed by atoms with Gasteiger partial charge < -0.3 is 15.2 Å². The van der Waals surface area contributed by atoms with Gasteiger partial charge in [0.15, 0.2) is 5.75 Å². The second-order valence-corrected chi connectivity index (χ2v) is 5.35. The molecule has 3 nitrogen and oxygen atoms in total. The third-order valence-electron chi connectivity index (χ3n) is 2.99. The van der Waals surface area contributed by atoms with E-state index in [0.29, 0.717) is 10.9 Å². The van der Waals surface area contributed by atoms with Crippen molar-refractivity contribution < 1.29 is 23.0 Å². The molecule has 0 heterocycles. The Morgan fingerprint density at radius 1 is 1.32 bits per heavy atom. The van der Waals surface area contributed by atoms with E-state index in [1.165, 1.54) is 12.1 Å². The molecule has 2 unspecified atom stereocenters. The van der Waals surface area contributed by atoms with E-state index in [4.69, 9.17) is 0 Å². The van der Waals surface area contributed by atoms with E-state index >= 15 is 0 Å². The summed E-state index contributed by atoms with van der Waals surface area (Å²) in [6, 6.07) is 4.12. The van der Waals surface area contributed by atoms with Crippen LogP contribution in [0.2, 0.25) is 0 Å². The number of benzene rings is 1. The summed E-state index contributed by atoms with van der Waals surface area (Å²) < 4.78 is 41.5. The number of alkyl halides is 3. The van der Waals surface area contributed by atoms with Crippen LogP contribution in [0, 0.1) is 0 Å². The maximum absolute atomic E-state index is 12.3. The van der Waals surface area contributed by atoms with E-state index in [0.717, 1.165) is 12.8 Å². The summed E-state index contributed by atoms with van der Waals surface area (Å²) in [5.74, 6) is -0.305. The first kappa shape index (κ1) is 14.5. The van der Waals surface area contributed by atoms with Crippen molar-refractivity contribution in [1.29, 1.82) is 0 Å². The molecule has 19 heavy (non-hydrogen) atoms. The first-order valence-corrected chi connectivity index (χ1v) is 6.64. The topological polar surface area (TPSA) is 41.5 Å². The van der Waals surface area contributed by atoms with Gasteiger partial charge in [0.05, 0.1) is 17.8 Å². The summed E-state index contributed by atoms with van der Waals surface area (Å²) >= 11 is 3.10. The molecule has 1 aliphatic carbocycles.